The standard InChI is InChI=1S/C18H23ClO2/c1-11(2)8-17(19)16-10-18(21-13(16)4)15-7-6-14(20-5)9-12(15)3/h6-7,9-11,17H,8H2,1-5H3. The minimum atomic E-state index is 0.000976. The number of rotatable bonds is 5. The van der Waals surface area contributed by atoms with E-state index < -0.39 is 0 Å². The van der Waals surface area contributed by atoms with Crippen LogP contribution in [0.2, 0.25) is 0 Å². The van der Waals surface area contributed by atoms with Crippen LogP contribution in [0.3, 0.4) is 0 Å². The molecule has 0 N–H and O–H groups in total. The maximum absolute atomic E-state index is 6.51. The Hall–Kier alpha value is -1.41. The second-order valence-corrected chi connectivity index (χ2v) is 6.43. The van der Waals surface area contributed by atoms with Gasteiger partial charge in [0.15, 0.2) is 0 Å². The summed E-state index contributed by atoms with van der Waals surface area (Å²) in [5.41, 5.74) is 3.30. The first-order valence-electron chi connectivity index (χ1n) is 7.31. The van der Waals surface area contributed by atoms with Crippen LogP contribution < -0.4 is 4.74 Å². The maximum atomic E-state index is 6.51. The van der Waals surface area contributed by atoms with Crippen molar-refractivity contribution >= 4 is 11.6 Å². The minimum absolute atomic E-state index is 0.000976. The van der Waals surface area contributed by atoms with E-state index in [1.54, 1.807) is 7.11 Å². The first-order valence-corrected chi connectivity index (χ1v) is 7.75. The zero-order valence-corrected chi connectivity index (χ0v) is 14.1. The number of ether oxygens (including phenoxy) is 1. The number of halogens is 1. The van der Waals surface area contributed by atoms with Gasteiger partial charge in [0.05, 0.1) is 12.5 Å². The Kier molecular flexibility index (Phi) is 5.00. The molecule has 0 bridgehead atoms. The van der Waals surface area contributed by atoms with Gasteiger partial charge in [-0.15, -0.1) is 11.6 Å². The number of benzene rings is 1. The Morgan fingerprint density at radius 3 is 2.48 bits per heavy atom. The van der Waals surface area contributed by atoms with E-state index in [-0.39, 0.29) is 5.38 Å². The van der Waals surface area contributed by atoms with Gasteiger partial charge in [0, 0.05) is 11.1 Å². The second kappa shape index (κ2) is 6.57. The molecule has 114 valence electrons. The van der Waals surface area contributed by atoms with E-state index in [0.717, 1.165) is 40.4 Å². The minimum Gasteiger partial charge on any atom is -0.497 e. The van der Waals surface area contributed by atoms with Gasteiger partial charge in [-0.1, -0.05) is 13.8 Å². The molecule has 2 rings (SSSR count). The average molecular weight is 307 g/mol. The first-order chi connectivity index (χ1) is 9.92. The van der Waals surface area contributed by atoms with Crippen molar-refractivity contribution in [3.63, 3.8) is 0 Å². The maximum Gasteiger partial charge on any atom is 0.134 e. The van der Waals surface area contributed by atoms with Crippen molar-refractivity contribution in [3.05, 3.63) is 41.2 Å². The molecule has 0 aliphatic carbocycles. The Labute approximate surface area is 132 Å². The lowest BCUT2D eigenvalue weighted by Crippen LogP contribution is -1.96. The Bertz CT molecular complexity index is 614. The molecular formula is C18H23ClO2. The lowest BCUT2D eigenvalue weighted by atomic mass is 10.0. The number of alkyl halides is 1. The van der Waals surface area contributed by atoms with Gasteiger partial charge in [0.2, 0.25) is 0 Å². The van der Waals surface area contributed by atoms with Crippen molar-refractivity contribution in [3.8, 4) is 17.1 Å². The van der Waals surface area contributed by atoms with E-state index in [1.807, 2.05) is 25.1 Å². The summed E-state index contributed by atoms with van der Waals surface area (Å²) in [5.74, 6) is 3.20. The number of hydrogen-bond donors (Lipinski definition) is 0. The highest BCUT2D eigenvalue weighted by Crippen LogP contribution is 2.36. The van der Waals surface area contributed by atoms with Gasteiger partial charge in [-0.3, -0.25) is 0 Å². The van der Waals surface area contributed by atoms with Crippen LogP contribution in [-0.2, 0) is 0 Å². The van der Waals surface area contributed by atoms with Crippen molar-refractivity contribution < 1.29 is 9.15 Å². The van der Waals surface area contributed by atoms with Crippen molar-refractivity contribution in [1.82, 2.24) is 0 Å². The van der Waals surface area contributed by atoms with Gasteiger partial charge in [-0.25, -0.2) is 0 Å². The quantitative estimate of drug-likeness (QED) is 0.642. The normalized spacial score (nSPS) is 12.7. The molecule has 1 aromatic carbocycles. The molecule has 3 heteroatoms. The third kappa shape index (κ3) is 3.62. The Morgan fingerprint density at radius 2 is 1.90 bits per heavy atom. The molecule has 0 aliphatic heterocycles. The molecular weight excluding hydrogens is 284 g/mol. The third-order valence-electron chi connectivity index (χ3n) is 3.67. The molecule has 0 spiro atoms. The lowest BCUT2D eigenvalue weighted by Gasteiger charge is -2.10. The predicted molar refractivity (Wildman–Crippen MR) is 88.2 cm³/mol. The molecule has 0 aliphatic rings. The van der Waals surface area contributed by atoms with Gasteiger partial charge >= 0.3 is 0 Å². The zero-order valence-electron chi connectivity index (χ0n) is 13.4. The molecule has 2 aromatic rings. The predicted octanol–water partition coefficient (Wildman–Crippen LogP) is 5.90. The van der Waals surface area contributed by atoms with Crippen LogP contribution in [0, 0.1) is 19.8 Å². The van der Waals surface area contributed by atoms with Gasteiger partial charge in [0.25, 0.3) is 0 Å². The topological polar surface area (TPSA) is 22.4 Å². The summed E-state index contributed by atoms with van der Waals surface area (Å²) in [4.78, 5) is 0. The number of methoxy groups -OCH3 is 1. The number of hydrogen-bond acceptors (Lipinski definition) is 2. The molecule has 21 heavy (non-hydrogen) atoms. The highest BCUT2D eigenvalue weighted by atomic mass is 35.5. The number of furan rings is 1. The summed E-state index contributed by atoms with van der Waals surface area (Å²) in [6.45, 7) is 8.40. The zero-order chi connectivity index (χ0) is 15.6. The van der Waals surface area contributed by atoms with Crippen LogP contribution in [0.15, 0.2) is 28.7 Å². The fourth-order valence-corrected chi connectivity index (χ4v) is 3.09. The van der Waals surface area contributed by atoms with Crippen LogP contribution in [0.25, 0.3) is 11.3 Å². The van der Waals surface area contributed by atoms with Crippen LogP contribution in [0.4, 0.5) is 0 Å². The average Bonchev–Trinajstić information content (AvgIpc) is 2.79. The van der Waals surface area contributed by atoms with Crippen molar-refractivity contribution in [2.75, 3.05) is 7.11 Å². The highest BCUT2D eigenvalue weighted by Gasteiger charge is 2.18. The lowest BCUT2D eigenvalue weighted by molar-refractivity contribution is 0.414. The summed E-state index contributed by atoms with van der Waals surface area (Å²) in [6.07, 6.45) is 0.947. The summed E-state index contributed by atoms with van der Waals surface area (Å²) in [6, 6.07) is 8.07. The molecule has 0 saturated carbocycles. The van der Waals surface area contributed by atoms with E-state index in [4.69, 9.17) is 20.8 Å². The molecule has 1 unspecified atom stereocenters. The van der Waals surface area contributed by atoms with Gasteiger partial charge < -0.3 is 9.15 Å². The SMILES string of the molecule is COc1ccc(-c2cc(C(Cl)CC(C)C)c(C)o2)c(C)c1. The Morgan fingerprint density at radius 1 is 1.19 bits per heavy atom. The largest absolute Gasteiger partial charge is 0.497 e. The number of aryl methyl sites for hydroxylation is 2. The fourth-order valence-electron chi connectivity index (χ4n) is 2.52. The molecule has 0 radical (unpaired) electrons. The fraction of sp³-hybridized carbons (Fsp3) is 0.444. The Balaban J connectivity index is 2.34. The molecule has 0 saturated heterocycles. The van der Waals surface area contributed by atoms with Gasteiger partial charge in [0.1, 0.15) is 17.3 Å². The third-order valence-corrected chi connectivity index (χ3v) is 4.08. The second-order valence-electron chi connectivity index (χ2n) is 5.90. The smallest absolute Gasteiger partial charge is 0.134 e. The van der Waals surface area contributed by atoms with E-state index in [0.29, 0.717) is 5.92 Å². The molecule has 1 atom stereocenters. The summed E-state index contributed by atoms with van der Waals surface area (Å²) < 4.78 is 11.2. The van der Waals surface area contributed by atoms with E-state index in [1.165, 1.54) is 0 Å². The van der Waals surface area contributed by atoms with Crippen molar-refractivity contribution in [2.45, 2.75) is 39.5 Å². The first kappa shape index (κ1) is 16.0. The van der Waals surface area contributed by atoms with Crippen molar-refractivity contribution in [1.29, 1.82) is 0 Å². The molecule has 1 aromatic heterocycles. The van der Waals surface area contributed by atoms with Crippen LogP contribution in [0.1, 0.15) is 42.5 Å². The van der Waals surface area contributed by atoms with E-state index in [9.17, 15) is 0 Å². The molecule has 0 amide bonds. The van der Waals surface area contributed by atoms with E-state index >= 15 is 0 Å². The van der Waals surface area contributed by atoms with Crippen LogP contribution in [-0.4, -0.2) is 7.11 Å². The highest BCUT2D eigenvalue weighted by molar-refractivity contribution is 6.20. The monoisotopic (exact) mass is 306 g/mol. The summed E-state index contributed by atoms with van der Waals surface area (Å²) >= 11 is 6.51. The van der Waals surface area contributed by atoms with E-state index in [2.05, 4.69) is 26.8 Å². The van der Waals surface area contributed by atoms with Gasteiger partial charge in [-0.2, -0.15) is 0 Å². The molecule has 2 nitrogen and oxygen atoms in total. The summed E-state index contributed by atoms with van der Waals surface area (Å²) in [5, 5.41) is 0.000976. The van der Waals surface area contributed by atoms with Gasteiger partial charge in [-0.05, 0) is 56.0 Å². The molecule has 0 fully saturated rings. The molecule has 1 heterocycles. The summed E-state index contributed by atoms with van der Waals surface area (Å²) in [7, 11) is 1.67. The van der Waals surface area contributed by atoms with Crippen LogP contribution >= 0.6 is 11.6 Å². The van der Waals surface area contributed by atoms with Crippen LogP contribution in [0.5, 0.6) is 5.75 Å². The van der Waals surface area contributed by atoms with Crippen molar-refractivity contribution in [2.24, 2.45) is 5.92 Å².